The van der Waals surface area contributed by atoms with Crippen LogP contribution in [0.25, 0.3) is 0 Å². The van der Waals surface area contributed by atoms with Gasteiger partial charge < -0.3 is 18.9 Å². The van der Waals surface area contributed by atoms with E-state index >= 15 is 0 Å². The first-order chi connectivity index (χ1) is 14.0. The number of methoxy groups -OCH3 is 2. The Morgan fingerprint density at radius 1 is 1.00 bits per heavy atom. The zero-order valence-electron chi connectivity index (χ0n) is 16.3. The number of nitrogens with zero attached hydrogens (tertiary/aromatic N) is 1. The Labute approximate surface area is 170 Å². The molecule has 29 heavy (non-hydrogen) atoms. The van der Waals surface area contributed by atoms with E-state index in [1.165, 1.54) is 42.8 Å². The molecule has 0 radical (unpaired) electrons. The lowest BCUT2D eigenvalue weighted by molar-refractivity contribution is 0.0730. The number of hydrogen-bond acceptors (Lipinski definition) is 7. The molecule has 1 saturated heterocycles. The van der Waals surface area contributed by atoms with Gasteiger partial charge in [0.05, 0.1) is 37.9 Å². The van der Waals surface area contributed by atoms with E-state index < -0.39 is 10.0 Å². The summed E-state index contributed by atoms with van der Waals surface area (Å²) in [6.07, 6.45) is 0. The van der Waals surface area contributed by atoms with Crippen molar-refractivity contribution in [3.63, 3.8) is 0 Å². The van der Waals surface area contributed by atoms with Crippen LogP contribution in [0.3, 0.4) is 0 Å². The van der Waals surface area contributed by atoms with E-state index in [9.17, 15) is 13.2 Å². The number of benzene rings is 2. The fraction of sp³-hybridized carbons (Fsp3) is 0.350. The fourth-order valence-electron chi connectivity index (χ4n) is 2.90. The third-order valence-corrected chi connectivity index (χ3v) is 6.42. The molecular weight excluding hydrogens is 398 g/mol. The van der Waals surface area contributed by atoms with Crippen LogP contribution in [0.15, 0.2) is 47.4 Å². The summed E-state index contributed by atoms with van der Waals surface area (Å²) in [5, 5.41) is 0. The number of ether oxygens (including phenoxy) is 4. The number of carbonyl (C=O) groups is 1. The molecule has 1 aliphatic rings. The molecule has 0 aliphatic carbocycles. The summed E-state index contributed by atoms with van der Waals surface area (Å²) >= 11 is 0. The lowest BCUT2D eigenvalue weighted by Crippen LogP contribution is -2.40. The van der Waals surface area contributed by atoms with Crippen LogP contribution in [-0.2, 0) is 14.8 Å². The Hall–Kier alpha value is -2.62. The predicted molar refractivity (Wildman–Crippen MR) is 105 cm³/mol. The average molecular weight is 421 g/mol. The van der Waals surface area contributed by atoms with Gasteiger partial charge in [-0.1, -0.05) is 0 Å². The number of hydrogen-bond donors (Lipinski definition) is 0. The molecule has 1 fully saturated rings. The number of morpholine rings is 1. The molecule has 0 saturated carbocycles. The predicted octanol–water partition coefficient (Wildman–Crippen LogP) is 1.99. The van der Waals surface area contributed by atoms with Crippen LogP contribution in [0.4, 0.5) is 0 Å². The minimum Gasteiger partial charge on any atom is -0.497 e. The van der Waals surface area contributed by atoms with Crippen molar-refractivity contribution >= 4 is 15.8 Å². The van der Waals surface area contributed by atoms with E-state index in [0.717, 1.165) is 0 Å². The molecule has 1 heterocycles. The summed E-state index contributed by atoms with van der Waals surface area (Å²) < 4.78 is 47.7. The van der Waals surface area contributed by atoms with Crippen LogP contribution < -0.4 is 14.2 Å². The second kappa shape index (κ2) is 9.25. The maximum atomic E-state index is 12.6. The summed E-state index contributed by atoms with van der Waals surface area (Å²) in [5.74, 6) is 1.10. The first kappa shape index (κ1) is 21.1. The molecule has 9 heteroatoms. The third kappa shape index (κ3) is 4.87. The van der Waals surface area contributed by atoms with Crippen LogP contribution in [0.5, 0.6) is 17.2 Å². The maximum Gasteiger partial charge on any atom is 0.243 e. The Morgan fingerprint density at radius 2 is 1.66 bits per heavy atom. The van der Waals surface area contributed by atoms with Gasteiger partial charge in [-0.3, -0.25) is 4.79 Å². The van der Waals surface area contributed by atoms with Crippen LogP contribution in [0, 0.1) is 0 Å². The summed E-state index contributed by atoms with van der Waals surface area (Å²) in [5.41, 5.74) is 0.375. The number of carbonyl (C=O) groups excluding carboxylic acids is 1. The van der Waals surface area contributed by atoms with E-state index in [2.05, 4.69) is 0 Å². The van der Waals surface area contributed by atoms with Crippen molar-refractivity contribution in [1.29, 1.82) is 0 Å². The van der Waals surface area contributed by atoms with Gasteiger partial charge in [0.25, 0.3) is 0 Å². The van der Waals surface area contributed by atoms with Gasteiger partial charge in [-0.15, -0.1) is 0 Å². The van der Waals surface area contributed by atoms with Gasteiger partial charge >= 0.3 is 0 Å². The van der Waals surface area contributed by atoms with Crippen LogP contribution in [0.2, 0.25) is 0 Å². The van der Waals surface area contributed by atoms with E-state index in [1.807, 2.05) is 0 Å². The first-order valence-corrected chi connectivity index (χ1v) is 10.5. The van der Waals surface area contributed by atoms with E-state index in [4.69, 9.17) is 18.9 Å². The van der Waals surface area contributed by atoms with Gasteiger partial charge in [0.1, 0.15) is 17.2 Å². The highest BCUT2D eigenvalue weighted by molar-refractivity contribution is 7.89. The van der Waals surface area contributed by atoms with E-state index in [1.54, 1.807) is 18.2 Å². The Kier molecular flexibility index (Phi) is 6.73. The second-order valence-electron chi connectivity index (χ2n) is 6.27. The minimum atomic E-state index is -3.57. The Morgan fingerprint density at radius 3 is 2.28 bits per heavy atom. The van der Waals surface area contributed by atoms with Gasteiger partial charge in [-0.05, 0) is 36.4 Å². The van der Waals surface area contributed by atoms with Gasteiger partial charge in [-0.25, -0.2) is 8.42 Å². The smallest absolute Gasteiger partial charge is 0.243 e. The molecule has 0 unspecified atom stereocenters. The summed E-state index contributed by atoms with van der Waals surface area (Å²) in [4.78, 5) is 12.6. The molecule has 2 aromatic carbocycles. The normalized spacial score (nSPS) is 15.0. The second-order valence-corrected chi connectivity index (χ2v) is 8.20. The van der Waals surface area contributed by atoms with Crippen LogP contribution in [0.1, 0.15) is 10.4 Å². The van der Waals surface area contributed by atoms with Gasteiger partial charge in [-0.2, -0.15) is 4.31 Å². The fourth-order valence-corrected chi connectivity index (χ4v) is 4.31. The highest BCUT2D eigenvalue weighted by atomic mass is 32.2. The highest BCUT2D eigenvalue weighted by Gasteiger charge is 2.26. The van der Waals surface area contributed by atoms with Crippen molar-refractivity contribution < 1.29 is 32.2 Å². The van der Waals surface area contributed by atoms with Crippen molar-refractivity contribution in [2.24, 2.45) is 0 Å². The Balaban J connectivity index is 1.65. The van der Waals surface area contributed by atoms with Crippen LogP contribution >= 0.6 is 0 Å². The first-order valence-electron chi connectivity index (χ1n) is 9.01. The number of Topliss-reactive ketones (excluding diaryl/α,β-unsaturated/α-hetero) is 1. The Bertz CT molecular complexity index is 951. The van der Waals surface area contributed by atoms with Crippen molar-refractivity contribution in [3.8, 4) is 17.2 Å². The standard InChI is InChI=1S/C20H23NO7S/c1-25-16-5-8-18(20(13-16)26-2)19(22)14-28-15-3-6-17(7-4-15)29(23,24)21-9-11-27-12-10-21/h3-8,13H,9-12,14H2,1-2H3. The zero-order chi connectivity index (χ0) is 20.9. The lowest BCUT2D eigenvalue weighted by atomic mass is 10.1. The molecule has 3 rings (SSSR count). The molecule has 0 amide bonds. The van der Waals surface area contributed by atoms with Gasteiger partial charge in [0.2, 0.25) is 15.8 Å². The largest absolute Gasteiger partial charge is 0.497 e. The monoisotopic (exact) mass is 421 g/mol. The zero-order valence-corrected chi connectivity index (χ0v) is 17.1. The number of sulfonamides is 1. The molecule has 2 aromatic rings. The molecule has 0 aromatic heterocycles. The minimum absolute atomic E-state index is 0.176. The third-order valence-electron chi connectivity index (χ3n) is 4.51. The lowest BCUT2D eigenvalue weighted by Gasteiger charge is -2.26. The van der Waals surface area contributed by atoms with Crippen molar-refractivity contribution in [1.82, 2.24) is 4.31 Å². The number of rotatable bonds is 8. The molecule has 156 valence electrons. The molecule has 0 bridgehead atoms. The summed E-state index contributed by atoms with van der Waals surface area (Å²) in [6.45, 7) is 1.23. The molecular formula is C20H23NO7S. The molecule has 0 atom stereocenters. The van der Waals surface area contributed by atoms with E-state index in [0.29, 0.717) is 49.1 Å². The molecule has 0 N–H and O–H groups in total. The van der Waals surface area contributed by atoms with Crippen LogP contribution in [-0.4, -0.2) is 65.6 Å². The highest BCUT2D eigenvalue weighted by Crippen LogP contribution is 2.25. The summed E-state index contributed by atoms with van der Waals surface area (Å²) in [7, 11) is -0.564. The summed E-state index contributed by atoms with van der Waals surface area (Å²) in [6, 6.07) is 10.9. The average Bonchev–Trinajstić information content (AvgIpc) is 2.77. The molecule has 8 nitrogen and oxygen atoms in total. The topological polar surface area (TPSA) is 91.4 Å². The SMILES string of the molecule is COc1ccc(C(=O)COc2ccc(S(=O)(=O)N3CCOCC3)cc2)c(OC)c1. The quantitative estimate of drug-likeness (QED) is 0.602. The molecule has 0 spiro atoms. The number of ketones is 1. The van der Waals surface area contributed by atoms with Gasteiger partial charge in [0, 0.05) is 19.2 Å². The van der Waals surface area contributed by atoms with Gasteiger partial charge in [0.15, 0.2) is 6.61 Å². The maximum absolute atomic E-state index is 12.6. The van der Waals surface area contributed by atoms with Crippen molar-refractivity contribution in [2.75, 3.05) is 47.1 Å². The van der Waals surface area contributed by atoms with Crippen molar-refractivity contribution in [2.45, 2.75) is 4.90 Å². The molecule has 1 aliphatic heterocycles. The van der Waals surface area contributed by atoms with Crippen molar-refractivity contribution in [3.05, 3.63) is 48.0 Å². The van der Waals surface area contributed by atoms with E-state index in [-0.39, 0.29) is 17.3 Å².